The molecule has 0 saturated carbocycles. The molecule has 3 heteroatoms. The monoisotopic (exact) mass is 202 g/mol. The number of aliphatic hydroxyl groups is 1. The van der Waals surface area contributed by atoms with Crippen molar-refractivity contribution in [3.63, 3.8) is 0 Å². The molecule has 0 saturated heterocycles. The summed E-state index contributed by atoms with van der Waals surface area (Å²) in [4.78, 5) is 8.31. The van der Waals surface area contributed by atoms with Crippen LogP contribution in [0, 0.1) is 0 Å². The smallest absolute Gasteiger partial charge is 0.0881 e. The number of aliphatic hydroxyl groups excluding tert-OH is 1. The van der Waals surface area contributed by atoms with Crippen molar-refractivity contribution in [2.75, 3.05) is 7.05 Å². The quantitative estimate of drug-likeness (QED) is 0.597. The first kappa shape index (κ1) is 11.3. The van der Waals surface area contributed by atoms with Crippen LogP contribution in [0.25, 0.3) is 0 Å². The third-order valence-corrected chi connectivity index (χ3v) is 1.90. The molecule has 1 rings (SSSR count). The average Bonchev–Trinajstić information content (AvgIpc) is 2.31. The second-order valence-electron chi connectivity index (χ2n) is 2.91. The number of aliphatic imine (C=N–C) groups is 1. The minimum absolute atomic E-state index is 0.00831. The summed E-state index contributed by atoms with van der Waals surface area (Å²) in [6, 6.07) is 3.66. The summed E-state index contributed by atoms with van der Waals surface area (Å²) >= 11 is 0. The van der Waals surface area contributed by atoms with Gasteiger partial charge < -0.3 is 5.11 Å². The van der Waals surface area contributed by atoms with Crippen LogP contribution in [0.15, 0.2) is 48.1 Å². The maximum Gasteiger partial charge on any atom is 0.0881 e. The molecule has 0 amide bonds. The summed E-state index contributed by atoms with van der Waals surface area (Å²) in [6.45, 7) is 3.60. The molecule has 0 aromatic carbocycles. The van der Waals surface area contributed by atoms with E-state index in [9.17, 15) is 0 Å². The predicted molar refractivity (Wildman–Crippen MR) is 62.0 cm³/mol. The summed E-state index contributed by atoms with van der Waals surface area (Å²) in [5, 5.41) is 8.87. The number of allylic oxidation sites excluding steroid dienone is 3. The maximum atomic E-state index is 8.87. The van der Waals surface area contributed by atoms with Gasteiger partial charge in [-0.1, -0.05) is 24.8 Å². The lowest BCUT2D eigenvalue weighted by Crippen LogP contribution is -2.00. The zero-order chi connectivity index (χ0) is 11.1. The number of rotatable bonds is 4. The highest BCUT2D eigenvalue weighted by Crippen LogP contribution is 2.02. The van der Waals surface area contributed by atoms with Gasteiger partial charge in [0.25, 0.3) is 0 Å². The molecular weight excluding hydrogens is 188 g/mol. The lowest BCUT2D eigenvalue weighted by Gasteiger charge is -2.00. The summed E-state index contributed by atoms with van der Waals surface area (Å²) < 4.78 is 0. The van der Waals surface area contributed by atoms with Crippen LogP contribution in [-0.4, -0.2) is 22.8 Å². The number of hydrogen-bond donors (Lipinski definition) is 1. The Balaban J connectivity index is 2.93. The molecule has 0 spiro atoms. The third kappa shape index (κ3) is 3.14. The Labute approximate surface area is 89.5 Å². The summed E-state index contributed by atoms with van der Waals surface area (Å²) in [5.74, 6) is 0. The highest BCUT2D eigenvalue weighted by molar-refractivity contribution is 6.07. The standard InChI is InChI=1S/C12H14N2O/c1-3-4-5-11(13-2)12-7-6-10(9-15)8-14-12/h3-8,15H,1,9H2,2H3/b5-4-,13-11?. The first-order valence-electron chi connectivity index (χ1n) is 4.64. The number of hydrogen-bond acceptors (Lipinski definition) is 3. The molecule has 0 aliphatic rings. The van der Waals surface area contributed by atoms with Crippen LogP contribution in [0.3, 0.4) is 0 Å². The van der Waals surface area contributed by atoms with Crippen molar-refractivity contribution in [3.05, 3.63) is 54.4 Å². The van der Waals surface area contributed by atoms with Gasteiger partial charge >= 0.3 is 0 Å². The van der Waals surface area contributed by atoms with Gasteiger partial charge in [0.05, 0.1) is 18.0 Å². The fourth-order valence-corrected chi connectivity index (χ4v) is 1.10. The molecule has 1 heterocycles. The van der Waals surface area contributed by atoms with Crippen LogP contribution in [0.5, 0.6) is 0 Å². The van der Waals surface area contributed by atoms with Gasteiger partial charge in [-0.15, -0.1) is 0 Å². The molecule has 0 bridgehead atoms. The van der Waals surface area contributed by atoms with E-state index in [1.54, 1.807) is 19.3 Å². The highest BCUT2D eigenvalue weighted by atomic mass is 16.3. The fourth-order valence-electron chi connectivity index (χ4n) is 1.10. The second kappa shape index (κ2) is 5.88. The van der Waals surface area contributed by atoms with Gasteiger partial charge in [-0.2, -0.15) is 0 Å². The van der Waals surface area contributed by atoms with Crippen molar-refractivity contribution in [3.8, 4) is 0 Å². The molecule has 78 valence electrons. The summed E-state index contributed by atoms with van der Waals surface area (Å²) in [7, 11) is 1.71. The molecule has 0 aliphatic heterocycles. The van der Waals surface area contributed by atoms with Crippen LogP contribution in [0.2, 0.25) is 0 Å². The summed E-state index contributed by atoms with van der Waals surface area (Å²) in [6.07, 6.45) is 6.98. The topological polar surface area (TPSA) is 45.5 Å². The van der Waals surface area contributed by atoms with Gasteiger partial charge in [-0.25, -0.2) is 0 Å². The first-order valence-corrected chi connectivity index (χ1v) is 4.64. The number of pyridine rings is 1. The highest BCUT2D eigenvalue weighted by Gasteiger charge is 1.99. The lowest BCUT2D eigenvalue weighted by molar-refractivity contribution is 0.281. The van der Waals surface area contributed by atoms with Gasteiger partial charge in [0, 0.05) is 13.2 Å². The Morgan fingerprint density at radius 3 is 2.87 bits per heavy atom. The Morgan fingerprint density at radius 2 is 2.40 bits per heavy atom. The van der Waals surface area contributed by atoms with Gasteiger partial charge in [-0.05, 0) is 17.7 Å². The Hall–Kier alpha value is -1.74. The van der Waals surface area contributed by atoms with E-state index in [0.29, 0.717) is 0 Å². The minimum atomic E-state index is 0.00831. The third-order valence-electron chi connectivity index (χ3n) is 1.90. The minimum Gasteiger partial charge on any atom is -0.392 e. The van der Waals surface area contributed by atoms with E-state index in [0.717, 1.165) is 17.0 Å². The molecule has 1 aromatic rings. The van der Waals surface area contributed by atoms with Crippen LogP contribution < -0.4 is 0 Å². The Bertz CT molecular complexity index is 377. The number of aromatic nitrogens is 1. The van der Waals surface area contributed by atoms with Gasteiger partial charge in [-0.3, -0.25) is 9.98 Å². The molecule has 0 atom stereocenters. The second-order valence-corrected chi connectivity index (χ2v) is 2.91. The molecule has 1 aromatic heterocycles. The van der Waals surface area contributed by atoms with Crippen molar-refractivity contribution < 1.29 is 5.11 Å². The average molecular weight is 202 g/mol. The zero-order valence-corrected chi connectivity index (χ0v) is 8.72. The van der Waals surface area contributed by atoms with Crippen molar-refractivity contribution in [1.29, 1.82) is 0 Å². The van der Waals surface area contributed by atoms with E-state index >= 15 is 0 Å². The molecule has 0 radical (unpaired) electrons. The normalized spacial score (nSPS) is 12.0. The van der Waals surface area contributed by atoms with Crippen LogP contribution in [0.4, 0.5) is 0 Å². The van der Waals surface area contributed by atoms with E-state index in [1.165, 1.54) is 0 Å². The molecule has 15 heavy (non-hydrogen) atoms. The number of nitrogens with zero attached hydrogens (tertiary/aromatic N) is 2. The molecule has 0 fully saturated rings. The molecule has 0 unspecified atom stereocenters. The van der Waals surface area contributed by atoms with E-state index < -0.39 is 0 Å². The van der Waals surface area contributed by atoms with Crippen molar-refractivity contribution in [2.45, 2.75) is 6.61 Å². The largest absolute Gasteiger partial charge is 0.392 e. The fraction of sp³-hybridized carbons (Fsp3) is 0.167. The van der Waals surface area contributed by atoms with Crippen molar-refractivity contribution in [2.24, 2.45) is 4.99 Å². The van der Waals surface area contributed by atoms with E-state index in [4.69, 9.17) is 5.11 Å². The zero-order valence-electron chi connectivity index (χ0n) is 8.72. The van der Waals surface area contributed by atoms with E-state index in [1.807, 2.05) is 24.3 Å². The van der Waals surface area contributed by atoms with E-state index in [-0.39, 0.29) is 6.61 Å². The molecule has 0 aliphatic carbocycles. The Morgan fingerprint density at radius 1 is 1.60 bits per heavy atom. The first-order chi connectivity index (χ1) is 7.31. The van der Waals surface area contributed by atoms with Crippen LogP contribution in [0.1, 0.15) is 11.3 Å². The van der Waals surface area contributed by atoms with Crippen molar-refractivity contribution in [1.82, 2.24) is 4.98 Å². The predicted octanol–water partition coefficient (Wildman–Crippen LogP) is 1.73. The summed E-state index contributed by atoms with van der Waals surface area (Å²) in [5.41, 5.74) is 2.37. The van der Waals surface area contributed by atoms with E-state index in [2.05, 4.69) is 16.6 Å². The lowest BCUT2D eigenvalue weighted by atomic mass is 10.2. The van der Waals surface area contributed by atoms with Crippen LogP contribution in [-0.2, 0) is 6.61 Å². The van der Waals surface area contributed by atoms with Crippen LogP contribution >= 0.6 is 0 Å². The maximum absolute atomic E-state index is 8.87. The molecular formula is C12H14N2O. The van der Waals surface area contributed by atoms with Gasteiger partial charge in [0.1, 0.15) is 0 Å². The molecule has 3 nitrogen and oxygen atoms in total. The van der Waals surface area contributed by atoms with Crippen molar-refractivity contribution >= 4 is 5.71 Å². The van der Waals surface area contributed by atoms with Gasteiger partial charge in [0.15, 0.2) is 0 Å². The van der Waals surface area contributed by atoms with Gasteiger partial charge in [0.2, 0.25) is 0 Å². The SMILES string of the molecule is C=C/C=C\C(=NC)c1ccc(CO)cn1. The molecule has 1 N–H and O–H groups in total. The Kier molecular flexibility index (Phi) is 4.44.